The van der Waals surface area contributed by atoms with Crippen molar-refractivity contribution in [1.29, 1.82) is 0 Å². The van der Waals surface area contributed by atoms with Gasteiger partial charge in [-0.25, -0.2) is 9.02 Å². The molecule has 0 aliphatic rings. The van der Waals surface area contributed by atoms with Crippen molar-refractivity contribution in [3.63, 3.8) is 0 Å². The molecule has 3 aromatic rings. The van der Waals surface area contributed by atoms with Gasteiger partial charge in [-0.05, 0) is 56.6 Å². The van der Waals surface area contributed by atoms with E-state index in [1.165, 1.54) is 18.2 Å². The Labute approximate surface area is 187 Å². The summed E-state index contributed by atoms with van der Waals surface area (Å²) in [6.45, 7) is -0.360. The summed E-state index contributed by atoms with van der Waals surface area (Å²) in [7, 11) is 0. The Kier molecular flexibility index (Phi) is 7.44. The van der Waals surface area contributed by atoms with Gasteiger partial charge in [0.15, 0.2) is 12.3 Å². The summed E-state index contributed by atoms with van der Waals surface area (Å²) in [5, 5.41) is 13.7. The maximum absolute atomic E-state index is 13.2. The minimum Gasteiger partial charge on any atom is -0.482 e. The zero-order chi connectivity index (χ0) is 21.5. The van der Waals surface area contributed by atoms with Gasteiger partial charge in [-0.1, -0.05) is 34.4 Å². The molecule has 0 aliphatic carbocycles. The molecule has 0 saturated carbocycles. The van der Waals surface area contributed by atoms with E-state index in [9.17, 15) is 9.18 Å². The van der Waals surface area contributed by atoms with E-state index in [1.54, 1.807) is 18.2 Å². The molecule has 1 aromatic heterocycles. The van der Waals surface area contributed by atoms with Gasteiger partial charge < -0.3 is 10.1 Å². The highest BCUT2D eigenvalue weighted by Crippen LogP contribution is 2.31. The quantitative estimate of drug-likeness (QED) is 0.329. The van der Waals surface area contributed by atoms with Gasteiger partial charge in [0.25, 0.3) is 5.91 Å². The van der Waals surface area contributed by atoms with E-state index in [1.807, 2.05) is 0 Å². The third-order valence-corrected chi connectivity index (χ3v) is 4.77. The van der Waals surface area contributed by atoms with Crippen molar-refractivity contribution >= 4 is 62.8 Å². The summed E-state index contributed by atoms with van der Waals surface area (Å²) in [5.41, 5.74) is 3.02. The lowest BCUT2D eigenvalue weighted by Crippen LogP contribution is -2.21. The van der Waals surface area contributed by atoms with Crippen molar-refractivity contribution in [2.24, 2.45) is 5.16 Å². The van der Waals surface area contributed by atoms with Crippen LogP contribution in [0.15, 0.2) is 50.7 Å². The number of aromatic nitrogens is 2. The monoisotopic (exact) mass is 517 g/mol. The van der Waals surface area contributed by atoms with Gasteiger partial charge in [0.2, 0.25) is 5.82 Å². The second-order valence-corrected chi connectivity index (χ2v) is 7.08. The number of hydrogen-bond acceptors (Lipinski definition) is 8. The largest absolute Gasteiger partial charge is 0.482 e. The summed E-state index contributed by atoms with van der Waals surface area (Å²) in [5.74, 6) is -0.713. The highest BCUT2D eigenvalue weighted by Gasteiger charge is 2.14. The average molecular weight is 519 g/mol. The number of rotatable bonds is 8. The van der Waals surface area contributed by atoms with Crippen LogP contribution in [0.25, 0.3) is 0 Å². The topological polar surface area (TPSA) is 111 Å². The third kappa shape index (κ3) is 5.81. The van der Waals surface area contributed by atoms with Gasteiger partial charge in [-0.3, -0.25) is 9.73 Å². The lowest BCUT2D eigenvalue weighted by Gasteiger charge is -2.08. The molecule has 0 atom stereocenters. The fraction of sp³-hybridized carbons (Fsp3) is 0.0588. The highest BCUT2D eigenvalue weighted by molar-refractivity contribution is 9.10. The minimum absolute atomic E-state index is 0.00216. The maximum atomic E-state index is 13.2. The van der Waals surface area contributed by atoms with Gasteiger partial charge in [-0.2, -0.15) is 5.48 Å². The molecular weight excluding hydrogens is 508 g/mol. The molecule has 9 nitrogen and oxygen atoms in total. The molecule has 3 rings (SSSR count). The molecule has 13 heteroatoms. The fourth-order valence-electron chi connectivity index (χ4n) is 1.99. The van der Waals surface area contributed by atoms with Crippen LogP contribution in [-0.4, -0.2) is 29.0 Å². The zero-order valence-corrected chi connectivity index (χ0v) is 17.8. The summed E-state index contributed by atoms with van der Waals surface area (Å²) in [6.07, 6.45) is 1.15. The SMILES string of the molecule is O=C(COc1cccc(Cl)c1Cl)Nc1nonc1/C=N/ONc1ccc(F)c(Br)c1. The number of anilines is 2. The maximum Gasteiger partial charge on any atom is 0.263 e. The molecule has 0 bridgehead atoms. The van der Waals surface area contributed by atoms with Crippen LogP contribution in [0.3, 0.4) is 0 Å². The van der Waals surface area contributed by atoms with E-state index in [-0.39, 0.29) is 33.4 Å². The van der Waals surface area contributed by atoms with Gasteiger partial charge in [0.05, 0.1) is 15.2 Å². The molecule has 30 heavy (non-hydrogen) atoms. The molecule has 0 saturated heterocycles. The lowest BCUT2D eigenvalue weighted by atomic mass is 10.3. The molecule has 0 fully saturated rings. The fourth-order valence-corrected chi connectivity index (χ4v) is 2.71. The normalized spacial score (nSPS) is 10.8. The second kappa shape index (κ2) is 10.2. The molecule has 0 unspecified atom stereocenters. The van der Waals surface area contributed by atoms with Gasteiger partial charge >= 0.3 is 0 Å². The van der Waals surface area contributed by atoms with Crippen LogP contribution in [0.1, 0.15) is 5.69 Å². The van der Waals surface area contributed by atoms with E-state index < -0.39 is 11.7 Å². The molecule has 1 amide bonds. The van der Waals surface area contributed by atoms with Crippen molar-refractivity contribution in [2.45, 2.75) is 0 Å². The Morgan fingerprint density at radius 1 is 1.30 bits per heavy atom. The molecule has 0 spiro atoms. The van der Waals surface area contributed by atoms with Crippen LogP contribution in [-0.2, 0) is 9.73 Å². The third-order valence-electron chi connectivity index (χ3n) is 3.36. The molecule has 2 aromatic carbocycles. The van der Waals surface area contributed by atoms with E-state index in [0.29, 0.717) is 10.7 Å². The van der Waals surface area contributed by atoms with Crippen LogP contribution < -0.4 is 15.5 Å². The molecular formula is C17H11BrCl2FN5O4. The molecule has 0 aliphatic heterocycles. The van der Waals surface area contributed by atoms with E-state index >= 15 is 0 Å². The number of carbonyl (C=O) groups excluding carboxylic acids is 1. The summed E-state index contributed by atoms with van der Waals surface area (Å²) in [4.78, 5) is 16.9. The Bertz CT molecular complexity index is 1080. The van der Waals surface area contributed by atoms with Gasteiger partial charge in [0.1, 0.15) is 22.8 Å². The Hall–Kier alpha value is -2.89. The number of nitrogens with one attached hydrogen (secondary N) is 2. The highest BCUT2D eigenvalue weighted by atomic mass is 79.9. The smallest absolute Gasteiger partial charge is 0.263 e. The number of carbonyl (C=O) groups is 1. The van der Waals surface area contributed by atoms with Gasteiger partial charge in [-0.15, -0.1) is 0 Å². The van der Waals surface area contributed by atoms with Crippen molar-refractivity contribution in [3.8, 4) is 5.75 Å². The Morgan fingerprint density at radius 2 is 2.13 bits per heavy atom. The molecule has 1 heterocycles. The zero-order valence-electron chi connectivity index (χ0n) is 14.7. The first-order valence-corrected chi connectivity index (χ1v) is 9.58. The second-order valence-electron chi connectivity index (χ2n) is 5.44. The Balaban J connectivity index is 1.51. The van der Waals surface area contributed by atoms with Crippen LogP contribution >= 0.6 is 39.1 Å². The van der Waals surface area contributed by atoms with Crippen LogP contribution in [0, 0.1) is 5.82 Å². The van der Waals surface area contributed by atoms with Crippen LogP contribution in [0.5, 0.6) is 5.75 Å². The number of benzene rings is 2. The van der Waals surface area contributed by atoms with Crippen LogP contribution in [0.4, 0.5) is 15.9 Å². The average Bonchev–Trinajstić information content (AvgIpc) is 3.16. The number of amides is 1. The summed E-state index contributed by atoms with van der Waals surface area (Å²) >= 11 is 14.9. The first-order valence-electron chi connectivity index (χ1n) is 8.03. The lowest BCUT2D eigenvalue weighted by molar-refractivity contribution is -0.118. The summed E-state index contributed by atoms with van der Waals surface area (Å²) in [6, 6.07) is 8.95. The molecule has 2 N–H and O–H groups in total. The van der Waals surface area contributed by atoms with Gasteiger partial charge in [0, 0.05) is 0 Å². The molecule has 0 radical (unpaired) electrons. The predicted molar refractivity (Wildman–Crippen MR) is 111 cm³/mol. The minimum atomic E-state index is -0.549. The predicted octanol–water partition coefficient (Wildman–Crippen LogP) is 4.67. The molecule has 156 valence electrons. The first kappa shape index (κ1) is 21.8. The van der Waals surface area contributed by atoms with Crippen molar-refractivity contribution in [1.82, 2.24) is 10.3 Å². The van der Waals surface area contributed by atoms with E-state index in [0.717, 1.165) is 6.21 Å². The number of hydrogen-bond donors (Lipinski definition) is 2. The number of oxime groups is 1. The number of ether oxygens (including phenoxy) is 1. The van der Waals surface area contributed by atoms with Crippen molar-refractivity contribution < 1.29 is 23.5 Å². The number of nitrogens with zero attached hydrogens (tertiary/aromatic N) is 3. The summed E-state index contributed by atoms with van der Waals surface area (Å²) < 4.78 is 23.3. The standard InChI is InChI=1S/C17H11BrCl2FN5O4/c18-10-6-9(4-5-12(10)21)24-29-22-7-13-17(26-30-25-13)23-15(27)8-28-14-3-1-2-11(19)16(14)20/h1-7,24H,8H2,(H,23,26,27)/b22-7+. The Morgan fingerprint density at radius 3 is 2.93 bits per heavy atom. The first-order chi connectivity index (χ1) is 14.4. The number of halogens is 4. The van der Waals surface area contributed by atoms with E-state index in [2.05, 4.69) is 46.8 Å². The van der Waals surface area contributed by atoms with Crippen LogP contribution in [0.2, 0.25) is 10.0 Å². The van der Waals surface area contributed by atoms with Crippen molar-refractivity contribution in [2.75, 3.05) is 17.4 Å². The van der Waals surface area contributed by atoms with Crippen molar-refractivity contribution in [3.05, 3.63) is 62.4 Å². The van der Waals surface area contributed by atoms with E-state index in [4.69, 9.17) is 32.9 Å².